The van der Waals surface area contributed by atoms with Gasteiger partial charge >= 0.3 is 6.09 Å². The molecule has 1 fully saturated rings. The number of piperidine rings is 1. The van der Waals surface area contributed by atoms with Gasteiger partial charge in [0.15, 0.2) is 12.0 Å². The zero-order chi connectivity index (χ0) is 14.8. The summed E-state index contributed by atoms with van der Waals surface area (Å²) in [7, 11) is 0. The van der Waals surface area contributed by atoms with Gasteiger partial charge in [-0.25, -0.2) is 4.79 Å². The van der Waals surface area contributed by atoms with Gasteiger partial charge in [-0.2, -0.15) is 0 Å². The van der Waals surface area contributed by atoms with Crippen LogP contribution in [0.4, 0.5) is 4.79 Å². The number of hydrogen-bond acceptors (Lipinski definition) is 4. The maximum absolute atomic E-state index is 11.9. The van der Waals surface area contributed by atoms with Crippen LogP contribution in [0.15, 0.2) is 16.5 Å². The van der Waals surface area contributed by atoms with E-state index in [1.807, 2.05) is 26.8 Å². The minimum Gasteiger partial charge on any atom is -0.458 e. The molecule has 0 bridgehead atoms. The molecule has 1 aliphatic rings. The van der Waals surface area contributed by atoms with Crippen LogP contribution in [-0.4, -0.2) is 36.0 Å². The number of likely N-dealkylation sites (tertiary alicyclic amines) is 1. The van der Waals surface area contributed by atoms with Crippen LogP contribution in [0.5, 0.6) is 0 Å². The number of ether oxygens (including phenoxy) is 1. The molecule has 1 amide bonds. The predicted molar refractivity (Wildman–Crippen MR) is 73.9 cm³/mol. The molecular weight excluding hydrogens is 258 g/mol. The second kappa shape index (κ2) is 5.69. The highest BCUT2D eigenvalue weighted by molar-refractivity contribution is 5.70. The molecule has 0 aromatic carbocycles. The van der Waals surface area contributed by atoms with Crippen molar-refractivity contribution in [1.82, 2.24) is 4.90 Å². The van der Waals surface area contributed by atoms with Crippen molar-refractivity contribution in [1.29, 1.82) is 0 Å². The van der Waals surface area contributed by atoms with Crippen LogP contribution in [0.2, 0.25) is 0 Å². The van der Waals surface area contributed by atoms with Crippen LogP contribution in [-0.2, 0) is 4.74 Å². The maximum Gasteiger partial charge on any atom is 0.410 e. The van der Waals surface area contributed by atoms with Gasteiger partial charge in [0.2, 0.25) is 0 Å². The first-order chi connectivity index (χ1) is 9.39. The Labute approximate surface area is 118 Å². The Bertz CT molecular complexity index is 478. The third-order valence-corrected chi connectivity index (χ3v) is 3.31. The van der Waals surface area contributed by atoms with E-state index in [1.54, 1.807) is 11.0 Å². The number of carbonyl (C=O) groups excluding carboxylic acids is 2. The molecule has 1 aliphatic heterocycles. The molecule has 0 radical (unpaired) electrons. The van der Waals surface area contributed by atoms with Gasteiger partial charge in [-0.1, -0.05) is 0 Å². The van der Waals surface area contributed by atoms with Crippen LogP contribution in [0.25, 0.3) is 0 Å². The standard InChI is InChI=1S/C15H21NO4/c1-15(2,3)20-14(18)16-8-6-11(7-9-16)13-5-4-12(10-17)19-13/h4-5,10-11H,6-9H2,1-3H3. The van der Waals surface area contributed by atoms with Crippen molar-refractivity contribution in [3.8, 4) is 0 Å². The summed E-state index contributed by atoms with van der Waals surface area (Å²) in [6.45, 7) is 6.89. The van der Waals surface area contributed by atoms with Gasteiger partial charge in [0.25, 0.3) is 0 Å². The minimum atomic E-state index is -0.464. The fourth-order valence-corrected chi connectivity index (χ4v) is 2.32. The molecular formula is C15H21NO4. The van der Waals surface area contributed by atoms with Crippen LogP contribution in [0, 0.1) is 0 Å². The summed E-state index contributed by atoms with van der Waals surface area (Å²) >= 11 is 0. The molecule has 5 heteroatoms. The minimum absolute atomic E-state index is 0.260. The summed E-state index contributed by atoms with van der Waals surface area (Å²) in [4.78, 5) is 24.3. The van der Waals surface area contributed by atoms with E-state index in [0.717, 1.165) is 18.6 Å². The lowest BCUT2D eigenvalue weighted by Gasteiger charge is -2.32. The first kappa shape index (κ1) is 14.6. The summed E-state index contributed by atoms with van der Waals surface area (Å²) < 4.78 is 10.8. The molecule has 0 atom stereocenters. The Morgan fingerprint density at radius 1 is 1.35 bits per heavy atom. The molecule has 1 saturated heterocycles. The second-order valence-electron chi connectivity index (χ2n) is 6.10. The van der Waals surface area contributed by atoms with Crippen molar-refractivity contribution >= 4 is 12.4 Å². The molecule has 0 spiro atoms. The van der Waals surface area contributed by atoms with Crippen LogP contribution in [0.3, 0.4) is 0 Å². The van der Waals surface area contributed by atoms with Gasteiger partial charge in [0.05, 0.1) is 0 Å². The molecule has 1 aromatic rings. The van der Waals surface area contributed by atoms with E-state index in [4.69, 9.17) is 9.15 Å². The summed E-state index contributed by atoms with van der Waals surface area (Å²) in [5, 5.41) is 0. The Morgan fingerprint density at radius 3 is 2.50 bits per heavy atom. The molecule has 2 heterocycles. The van der Waals surface area contributed by atoms with Gasteiger partial charge in [-0.15, -0.1) is 0 Å². The van der Waals surface area contributed by atoms with Gasteiger partial charge in [-0.05, 0) is 45.7 Å². The van der Waals surface area contributed by atoms with Crippen LogP contribution < -0.4 is 0 Å². The quantitative estimate of drug-likeness (QED) is 0.780. The largest absolute Gasteiger partial charge is 0.458 e. The maximum atomic E-state index is 11.9. The number of hydrogen-bond donors (Lipinski definition) is 0. The molecule has 110 valence electrons. The highest BCUT2D eigenvalue weighted by atomic mass is 16.6. The molecule has 0 aliphatic carbocycles. The van der Waals surface area contributed by atoms with E-state index >= 15 is 0 Å². The summed E-state index contributed by atoms with van der Waals surface area (Å²) in [6.07, 6.45) is 2.10. The zero-order valence-corrected chi connectivity index (χ0v) is 12.2. The van der Waals surface area contributed by atoms with E-state index in [9.17, 15) is 9.59 Å². The van der Waals surface area contributed by atoms with E-state index in [0.29, 0.717) is 25.1 Å². The van der Waals surface area contributed by atoms with Gasteiger partial charge in [0, 0.05) is 19.0 Å². The number of nitrogens with zero attached hydrogens (tertiary/aromatic N) is 1. The lowest BCUT2D eigenvalue weighted by atomic mass is 9.95. The van der Waals surface area contributed by atoms with Gasteiger partial charge in [0.1, 0.15) is 11.4 Å². The molecule has 20 heavy (non-hydrogen) atoms. The Balaban J connectivity index is 1.89. The zero-order valence-electron chi connectivity index (χ0n) is 12.2. The van der Waals surface area contributed by atoms with E-state index in [-0.39, 0.29) is 12.0 Å². The molecule has 0 N–H and O–H groups in total. The molecule has 0 saturated carbocycles. The summed E-state index contributed by atoms with van der Waals surface area (Å²) in [6, 6.07) is 3.53. The highest BCUT2D eigenvalue weighted by Crippen LogP contribution is 2.29. The first-order valence-electron chi connectivity index (χ1n) is 6.92. The Morgan fingerprint density at radius 2 is 2.00 bits per heavy atom. The number of furan rings is 1. The first-order valence-corrected chi connectivity index (χ1v) is 6.92. The van der Waals surface area contributed by atoms with E-state index in [2.05, 4.69) is 0 Å². The lowest BCUT2D eigenvalue weighted by molar-refractivity contribution is 0.0200. The molecule has 5 nitrogen and oxygen atoms in total. The third-order valence-electron chi connectivity index (χ3n) is 3.31. The molecule has 2 rings (SSSR count). The third kappa shape index (κ3) is 3.62. The van der Waals surface area contributed by atoms with Crippen molar-refractivity contribution in [2.75, 3.05) is 13.1 Å². The summed E-state index contributed by atoms with van der Waals surface area (Å²) in [5.74, 6) is 1.45. The van der Waals surface area contributed by atoms with Crippen molar-refractivity contribution in [2.24, 2.45) is 0 Å². The summed E-state index contributed by atoms with van der Waals surface area (Å²) in [5.41, 5.74) is -0.464. The van der Waals surface area contributed by atoms with Gasteiger partial charge < -0.3 is 14.1 Å². The van der Waals surface area contributed by atoms with Crippen LogP contribution in [0.1, 0.15) is 55.8 Å². The fourth-order valence-electron chi connectivity index (χ4n) is 2.32. The SMILES string of the molecule is CC(C)(C)OC(=O)N1CCC(c2ccc(C=O)o2)CC1. The monoisotopic (exact) mass is 279 g/mol. The number of aldehydes is 1. The Kier molecular flexibility index (Phi) is 4.16. The highest BCUT2D eigenvalue weighted by Gasteiger charge is 2.28. The fraction of sp³-hybridized carbons (Fsp3) is 0.600. The molecule has 1 aromatic heterocycles. The van der Waals surface area contributed by atoms with Crippen molar-refractivity contribution < 1.29 is 18.7 Å². The van der Waals surface area contributed by atoms with E-state index < -0.39 is 5.60 Å². The van der Waals surface area contributed by atoms with E-state index in [1.165, 1.54) is 0 Å². The topological polar surface area (TPSA) is 59.8 Å². The second-order valence-corrected chi connectivity index (χ2v) is 6.10. The molecule has 0 unspecified atom stereocenters. The lowest BCUT2D eigenvalue weighted by Crippen LogP contribution is -2.41. The van der Waals surface area contributed by atoms with Gasteiger partial charge in [-0.3, -0.25) is 4.79 Å². The predicted octanol–water partition coefficient (Wildman–Crippen LogP) is 3.21. The smallest absolute Gasteiger partial charge is 0.410 e. The van der Waals surface area contributed by atoms with Crippen molar-refractivity contribution in [2.45, 2.75) is 45.1 Å². The Hall–Kier alpha value is -1.78. The number of rotatable bonds is 2. The average molecular weight is 279 g/mol. The van der Waals surface area contributed by atoms with Crippen molar-refractivity contribution in [3.63, 3.8) is 0 Å². The normalized spacial score (nSPS) is 17.1. The van der Waals surface area contributed by atoms with Crippen LogP contribution >= 0.6 is 0 Å². The average Bonchev–Trinajstić information content (AvgIpc) is 2.85. The number of amides is 1. The van der Waals surface area contributed by atoms with Crippen molar-refractivity contribution in [3.05, 3.63) is 23.7 Å². The number of carbonyl (C=O) groups is 2.